The van der Waals surface area contributed by atoms with Crippen molar-refractivity contribution in [1.29, 1.82) is 0 Å². The van der Waals surface area contributed by atoms with Gasteiger partial charge in [0, 0.05) is 18.0 Å². The molecule has 1 heterocycles. The average molecular weight is 220 g/mol. The molecule has 0 bridgehead atoms. The molecular formula is C12H16N2O2. The predicted octanol–water partition coefficient (Wildman–Crippen LogP) is 1.69. The van der Waals surface area contributed by atoms with Crippen molar-refractivity contribution in [3.05, 3.63) is 23.8 Å². The van der Waals surface area contributed by atoms with E-state index < -0.39 is 0 Å². The Morgan fingerprint density at radius 1 is 1.56 bits per heavy atom. The molecule has 3 N–H and O–H groups in total. The number of carbonyl (C=O) groups excluding carboxylic acids is 1. The van der Waals surface area contributed by atoms with Crippen LogP contribution in [0.3, 0.4) is 0 Å². The zero-order valence-corrected chi connectivity index (χ0v) is 9.32. The van der Waals surface area contributed by atoms with Crippen LogP contribution in [0, 0.1) is 6.92 Å². The highest BCUT2D eigenvalue weighted by atomic mass is 16.5. The summed E-state index contributed by atoms with van der Waals surface area (Å²) >= 11 is 0. The summed E-state index contributed by atoms with van der Waals surface area (Å²) in [5.41, 5.74) is 8.19. The molecule has 1 saturated heterocycles. The molecule has 86 valence electrons. The van der Waals surface area contributed by atoms with Crippen LogP contribution in [0.1, 0.15) is 18.4 Å². The van der Waals surface area contributed by atoms with Crippen molar-refractivity contribution < 1.29 is 9.53 Å². The van der Waals surface area contributed by atoms with Crippen molar-refractivity contribution >= 4 is 17.3 Å². The Balaban J connectivity index is 2.02. The van der Waals surface area contributed by atoms with Gasteiger partial charge in [0.05, 0.1) is 0 Å². The van der Waals surface area contributed by atoms with E-state index in [1.165, 1.54) is 0 Å². The highest BCUT2D eigenvalue weighted by Gasteiger charge is 2.23. The number of ether oxygens (including phenoxy) is 1. The normalized spacial score (nSPS) is 19.7. The fraction of sp³-hybridized carbons (Fsp3) is 0.417. The van der Waals surface area contributed by atoms with Crippen molar-refractivity contribution in [2.45, 2.75) is 25.9 Å². The van der Waals surface area contributed by atoms with Crippen LogP contribution in [-0.4, -0.2) is 18.6 Å². The lowest BCUT2D eigenvalue weighted by atomic mass is 10.1. The average Bonchev–Trinajstić information content (AvgIpc) is 2.77. The first-order chi connectivity index (χ1) is 7.66. The molecule has 4 heteroatoms. The molecule has 0 unspecified atom stereocenters. The Morgan fingerprint density at radius 3 is 3.00 bits per heavy atom. The topological polar surface area (TPSA) is 64.3 Å². The van der Waals surface area contributed by atoms with Gasteiger partial charge in [0.15, 0.2) is 0 Å². The lowest BCUT2D eigenvalue weighted by molar-refractivity contribution is -0.124. The number of benzene rings is 1. The van der Waals surface area contributed by atoms with Crippen LogP contribution in [-0.2, 0) is 9.53 Å². The number of nitrogens with one attached hydrogen (secondary N) is 1. The number of hydrogen-bond acceptors (Lipinski definition) is 3. The lowest BCUT2D eigenvalue weighted by Crippen LogP contribution is -2.26. The van der Waals surface area contributed by atoms with Crippen molar-refractivity contribution in [3.8, 4) is 0 Å². The van der Waals surface area contributed by atoms with E-state index in [9.17, 15) is 4.79 Å². The molecule has 0 aromatic heterocycles. The van der Waals surface area contributed by atoms with Crippen molar-refractivity contribution in [2.75, 3.05) is 17.7 Å². The van der Waals surface area contributed by atoms with Gasteiger partial charge in [-0.2, -0.15) is 0 Å². The number of carbonyl (C=O) groups is 1. The summed E-state index contributed by atoms with van der Waals surface area (Å²) in [6.07, 6.45) is 1.45. The SMILES string of the molecule is Cc1ccc(NC(=O)[C@@H]2CCCO2)cc1N. The highest BCUT2D eigenvalue weighted by Crippen LogP contribution is 2.19. The van der Waals surface area contributed by atoms with E-state index >= 15 is 0 Å². The molecule has 16 heavy (non-hydrogen) atoms. The van der Waals surface area contributed by atoms with Gasteiger partial charge in [-0.1, -0.05) is 6.07 Å². The first-order valence-electron chi connectivity index (χ1n) is 5.45. The number of rotatable bonds is 2. The first kappa shape index (κ1) is 11.0. The maximum Gasteiger partial charge on any atom is 0.253 e. The van der Waals surface area contributed by atoms with E-state index in [1.54, 1.807) is 6.07 Å². The van der Waals surface area contributed by atoms with E-state index in [0.29, 0.717) is 12.3 Å². The maximum absolute atomic E-state index is 11.7. The van der Waals surface area contributed by atoms with Gasteiger partial charge < -0.3 is 15.8 Å². The fourth-order valence-electron chi connectivity index (χ4n) is 1.73. The summed E-state index contributed by atoms with van der Waals surface area (Å²) in [4.78, 5) is 11.7. The molecule has 4 nitrogen and oxygen atoms in total. The van der Waals surface area contributed by atoms with Gasteiger partial charge in [-0.25, -0.2) is 0 Å². The van der Waals surface area contributed by atoms with Crippen LogP contribution in [0.25, 0.3) is 0 Å². The minimum atomic E-state index is -0.303. The van der Waals surface area contributed by atoms with Crippen LogP contribution < -0.4 is 11.1 Å². The van der Waals surface area contributed by atoms with Crippen LogP contribution in [0.2, 0.25) is 0 Å². The van der Waals surface area contributed by atoms with Crippen LogP contribution in [0.15, 0.2) is 18.2 Å². The third kappa shape index (κ3) is 2.33. The molecule has 1 amide bonds. The second kappa shape index (κ2) is 4.53. The molecule has 1 aliphatic rings. The largest absolute Gasteiger partial charge is 0.398 e. The summed E-state index contributed by atoms with van der Waals surface area (Å²) < 4.78 is 5.30. The van der Waals surface area contributed by atoms with Gasteiger partial charge in [0.1, 0.15) is 6.10 Å². The van der Waals surface area contributed by atoms with Crippen LogP contribution in [0.4, 0.5) is 11.4 Å². The second-order valence-corrected chi connectivity index (χ2v) is 4.06. The van der Waals surface area contributed by atoms with Gasteiger partial charge in [0.25, 0.3) is 5.91 Å². The maximum atomic E-state index is 11.7. The summed E-state index contributed by atoms with van der Waals surface area (Å²) in [6, 6.07) is 5.50. The molecule has 1 aliphatic heterocycles. The van der Waals surface area contributed by atoms with E-state index in [0.717, 1.165) is 24.1 Å². The zero-order valence-electron chi connectivity index (χ0n) is 9.32. The minimum Gasteiger partial charge on any atom is -0.398 e. The van der Waals surface area contributed by atoms with Crippen molar-refractivity contribution in [3.63, 3.8) is 0 Å². The first-order valence-corrected chi connectivity index (χ1v) is 5.45. The molecular weight excluding hydrogens is 204 g/mol. The molecule has 1 atom stereocenters. The number of amides is 1. The van der Waals surface area contributed by atoms with E-state index in [-0.39, 0.29) is 12.0 Å². The second-order valence-electron chi connectivity index (χ2n) is 4.06. The van der Waals surface area contributed by atoms with E-state index in [4.69, 9.17) is 10.5 Å². The van der Waals surface area contributed by atoms with Gasteiger partial charge in [-0.05, 0) is 37.5 Å². The highest BCUT2D eigenvalue weighted by molar-refractivity contribution is 5.94. The monoisotopic (exact) mass is 220 g/mol. The molecule has 2 rings (SSSR count). The summed E-state index contributed by atoms with van der Waals surface area (Å²) in [6.45, 7) is 2.61. The minimum absolute atomic E-state index is 0.0826. The smallest absolute Gasteiger partial charge is 0.253 e. The Kier molecular flexibility index (Phi) is 3.10. The zero-order chi connectivity index (χ0) is 11.5. The molecule has 0 radical (unpaired) electrons. The van der Waals surface area contributed by atoms with E-state index in [2.05, 4.69) is 5.32 Å². The molecule has 1 aromatic rings. The predicted molar refractivity (Wildman–Crippen MR) is 63.2 cm³/mol. The Labute approximate surface area is 94.8 Å². The number of anilines is 2. The van der Waals surface area contributed by atoms with Gasteiger partial charge in [-0.3, -0.25) is 4.79 Å². The summed E-state index contributed by atoms with van der Waals surface area (Å²) in [5.74, 6) is -0.0826. The van der Waals surface area contributed by atoms with Crippen LogP contribution in [0.5, 0.6) is 0 Å². The fourth-order valence-corrected chi connectivity index (χ4v) is 1.73. The molecule has 0 saturated carbocycles. The number of nitrogens with two attached hydrogens (primary N) is 1. The van der Waals surface area contributed by atoms with E-state index in [1.807, 2.05) is 19.1 Å². The van der Waals surface area contributed by atoms with Gasteiger partial charge >= 0.3 is 0 Å². The molecule has 1 aromatic carbocycles. The Hall–Kier alpha value is -1.55. The van der Waals surface area contributed by atoms with Gasteiger partial charge in [-0.15, -0.1) is 0 Å². The van der Waals surface area contributed by atoms with Crippen molar-refractivity contribution in [2.24, 2.45) is 0 Å². The third-order valence-corrected chi connectivity index (χ3v) is 2.77. The third-order valence-electron chi connectivity index (χ3n) is 2.77. The number of aryl methyl sites for hydroxylation is 1. The summed E-state index contributed by atoms with van der Waals surface area (Å²) in [5, 5.41) is 2.81. The lowest BCUT2D eigenvalue weighted by Gasteiger charge is -2.11. The standard InChI is InChI=1S/C12H16N2O2/c1-8-4-5-9(7-10(8)13)14-12(15)11-3-2-6-16-11/h4-5,7,11H,2-3,6,13H2,1H3,(H,14,15)/t11-/m0/s1. The Morgan fingerprint density at radius 2 is 2.38 bits per heavy atom. The molecule has 0 spiro atoms. The Bertz CT molecular complexity index is 398. The number of nitrogen functional groups attached to an aromatic ring is 1. The summed E-state index contributed by atoms with van der Waals surface area (Å²) in [7, 11) is 0. The molecule has 1 fully saturated rings. The van der Waals surface area contributed by atoms with Gasteiger partial charge in [0.2, 0.25) is 0 Å². The van der Waals surface area contributed by atoms with Crippen LogP contribution >= 0.6 is 0 Å². The number of hydrogen-bond donors (Lipinski definition) is 2. The molecule has 0 aliphatic carbocycles. The quantitative estimate of drug-likeness (QED) is 0.745. The van der Waals surface area contributed by atoms with Crippen molar-refractivity contribution in [1.82, 2.24) is 0 Å².